The summed E-state index contributed by atoms with van der Waals surface area (Å²) in [6.45, 7) is 2.15. The van der Waals surface area contributed by atoms with Gasteiger partial charge in [0.05, 0.1) is 0 Å². The molecule has 2 atom stereocenters. The fourth-order valence-electron chi connectivity index (χ4n) is 2.94. The van der Waals surface area contributed by atoms with Crippen LogP contribution in [0.4, 0.5) is 0 Å². The second kappa shape index (κ2) is 6.79. The Morgan fingerprint density at radius 2 is 1.76 bits per heavy atom. The van der Waals surface area contributed by atoms with E-state index in [1.165, 1.54) is 9.13 Å². The number of likely N-dealkylation sites (N-methyl/N-ethyl adjacent to an activating group) is 1. The molecule has 0 aromatic heterocycles. The first-order valence-electron chi connectivity index (χ1n) is 7.38. The van der Waals surface area contributed by atoms with Crippen LogP contribution in [0.15, 0.2) is 54.6 Å². The third-order valence-electron chi connectivity index (χ3n) is 4.08. The van der Waals surface area contributed by atoms with E-state index in [9.17, 15) is 0 Å². The van der Waals surface area contributed by atoms with Gasteiger partial charge in [-0.25, -0.2) is 0 Å². The van der Waals surface area contributed by atoms with Crippen LogP contribution in [0.1, 0.15) is 17.9 Å². The standard InChI is InChI=1S/C18H20INO/c1-20-12-11-18(21-16-9-7-15(19)8-10-16)17(13-20)14-5-3-2-4-6-14/h2-10,17-18H,11-13H2,1H3/t17-,18+/m1/s1. The van der Waals surface area contributed by atoms with Crippen molar-refractivity contribution in [2.24, 2.45) is 0 Å². The van der Waals surface area contributed by atoms with E-state index in [4.69, 9.17) is 4.74 Å². The highest BCUT2D eigenvalue weighted by molar-refractivity contribution is 14.1. The van der Waals surface area contributed by atoms with Gasteiger partial charge in [-0.2, -0.15) is 0 Å². The molecule has 0 radical (unpaired) electrons. The maximum atomic E-state index is 6.30. The molecule has 0 bridgehead atoms. The van der Waals surface area contributed by atoms with Gasteiger partial charge in [0, 0.05) is 22.6 Å². The van der Waals surface area contributed by atoms with Crippen molar-refractivity contribution >= 4 is 22.6 Å². The first-order valence-corrected chi connectivity index (χ1v) is 8.46. The van der Waals surface area contributed by atoms with Crippen LogP contribution in [0, 0.1) is 3.57 Å². The molecular weight excluding hydrogens is 373 g/mol. The average molecular weight is 393 g/mol. The van der Waals surface area contributed by atoms with Crippen LogP contribution < -0.4 is 4.74 Å². The summed E-state index contributed by atoms with van der Waals surface area (Å²) in [6.07, 6.45) is 1.32. The van der Waals surface area contributed by atoms with Crippen LogP contribution in [0.3, 0.4) is 0 Å². The van der Waals surface area contributed by atoms with Crippen LogP contribution in [0.2, 0.25) is 0 Å². The van der Waals surface area contributed by atoms with Crippen LogP contribution in [-0.2, 0) is 0 Å². The minimum absolute atomic E-state index is 0.253. The summed E-state index contributed by atoms with van der Waals surface area (Å²) in [7, 11) is 2.19. The zero-order chi connectivity index (χ0) is 14.7. The Hall–Kier alpha value is -1.07. The van der Waals surface area contributed by atoms with Crippen molar-refractivity contribution < 1.29 is 4.74 Å². The summed E-state index contributed by atoms with van der Waals surface area (Å²) in [5.74, 6) is 1.41. The van der Waals surface area contributed by atoms with Crippen molar-refractivity contribution in [2.45, 2.75) is 18.4 Å². The van der Waals surface area contributed by atoms with Crippen LogP contribution >= 0.6 is 22.6 Å². The highest BCUT2D eigenvalue weighted by atomic mass is 127. The number of hydrogen-bond acceptors (Lipinski definition) is 2. The molecule has 3 heteroatoms. The molecule has 0 saturated carbocycles. The molecule has 3 rings (SSSR count). The smallest absolute Gasteiger partial charge is 0.119 e. The molecule has 1 saturated heterocycles. The Morgan fingerprint density at radius 3 is 2.48 bits per heavy atom. The number of rotatable bonds is 3. The number of piperidine rings is 1. The minimum Gasteiger partial charge on any atom is -0.490 e. The Bertz CT molecular complexity index is 570. The second-order valence-corrected chi connectivity index (χ2v) is 6.92. The number of halogens is 1. The molecule has 1 aliphatic rings. The van der Waals surface area contributed by atoms with Crippen LogP contribution in [-0.4, -0.2) is 31.1 Å². The Morgan fingerprint density at radius 1 is 1.05 bits per heavy atom. The number of ether oxygens (including phenoxy) is 1. The molecule has 2 aromatic rings. The van der Waals surface area contributed by atoms with E-state index in [0.29, 0.717) is 5.92 Å². The third-order valence-corrected chi connectivity index (χ3v) is 4.80. The summed E-state index contributed by atoms with van der Waals surface area (Å²) < 4.78 is 7.53. The predicted molar refractivity (Wildman–Crippen MR) is 94.9 cm³/mol. The van der Waals surface area contributed by atoms with Crippen molar-refractivity contribution in [1.29, 1.82) is 0 Å². The fourth-order valence-corrected chi connectivity index (χ4v) is 3.30. The van der Waals surface area contributed by atoms with Gasteiger partial charge in [0.2, 0.25) is 0 Å². The maximum absolute atomic E-state index is 6.30. The molecule has 0 amide bonds. The minimum atomic E-state index is 0.253. The van der Waals surface area contributed by atoms with E-state index in [2.05, 4.69) is 89.1 Å². The van der Waals surface area contributed by atoms with E-state index < -0.39 is 0 Å². The monoisotopic (exact) mass is 393 g/mol. The average Bonchev–Trinajstić information content (AvgIpc) is 2.52. The number of likely N-dealkylation sites (tertiary alicyclic amines) is 1. The molecule has 21 heavy (non-hydrogen) atoms. The molecule has 0 unspecified atom stereocenters. The van der Waals surface area contributed by atoms with E-state index in [-0.39, 0.29) is 6.10 Å². The molecule has 2 aromatic carbocycles. The number of nitrogens with zero attached hydrogens (tertiary/aromatic N) is 1. The van der Waals surface area contributed by atoms with Gasteiger partial charge in [-0.3, -0.25) is 0 Å². The van der Waals surface area contributed by atoms with E-state index in [0.717, 1.165) is 25.3 Å². The lowest BCUT2D eigenvalue weighted by Crippen LogP contribution is -2.42. The SMILES string of the molecule is CN1CC[C@H](Oc2ccc(I)cc2)[C@@H](c2ccccc2)C1. The molecule has 1 heterocycles. The molecule has 110 valence electrons. The normalized spacial score (nSPS) is 23.0. The fraction of sp³-hybridized carbons (Fsp3) is 0.333. The number of hydrogen-bond donors (Lipinski definition) is 0. The van der Waals surface area contributed by atoms with Crippen molar-refractivity contribution in [1.82, 2.24) is 4.90 Å². The highest BCUT2D eigenvalue weighted by Crippen LogP contribution is 2.30. The quantitative estimate of drug-likeness (QED) is 0.727. The highest BCUT2D eigenvalue weighted by Gasteiger charge is 2.30. The summed E-state index contributed by atoms with van der Waals surface area (Å²) in [5, 5.41) is 0. The zero-order valence-electron chi connectivity index (χ0n) is 12.2. The van der Waals surface area contributed by atoms with Crippen molar-refractivity contribution in [2.75, 3.05) is 20.1 Å². The van der Waals surface area contributed by atoms with Gasteiger partial charge in [0.1, 0.15) is 11.9 Å². The molecule has 0 spiro atoms. The first-order chi connectivity index (χ1) is 10.2. The zero-order valence-corrected chi connectivity index (χ0v) is 14.4. The molecule has 1 fully saturated rings. The third kappa shape index (κ3) is 3.77. The van der Waals surface area contributed by atoms with Gasteiger partial charge in [-0.05, 0) is 65.9 Å². The maximum Gasteiger partial charge on any atom is 0.119 e. The summed E-state index contributed by atoms with van der Waals surface area (Å²) in [6, 6.07) is 19.1. The summed E-state index contributed by atoms with van der Waals surface area (Å²) >= 11 is 2.32. The largest absolute Gasteiger partial charge is 0.490 e. The van der Waals surface area contributed by atoms with Crippen LogP contribution in [0.25, 0.3) is 0 Å². The molecular formula is C18H20INO. The first kappa shape index (κ1) is 14.9. The second-order valence-electron chi connectivity index (χ2n) is 5.68. The Balaban J connectivity index is 1.79. The van der Waals surface area contributed by atoms with Crippen molar-refractivity contribution in [3.8, 4) is 5.75 Å². The van der Waals surface area contributed by atoms with Gasteiger partial charge in [0.15, 0.2) is 0 Å². The van der Waals surface area contributed by atoms with Gasteiger partial charge in [-0.1, -0.05) is 30.3 Å². The lowest BCUT2D eigenvalue weighted by molar-refractivity contribution is 0.0902. The van der Waals surface area contributed by atoms with Crippen molar-refractivity contribution in [3.63, 3.8) is 0 Å². The molecule has 0 N–H and O–H groups in total. The molecule has 1 aliphatic heterocycles. The Labute approximate surface area is 140 Å². The van der Waals surface area contributed by atoms with Gasteiger partial charge in [0.25, 0.3) is 0 Å². The lowest BCUT2D eigenvalue weighted by Gasteiger charge is -2.37. The van der Waals surface area contributed by atoms with Gasteiger partial charge >= 0.3 is 0 Å². The Kier molecular flexibility index (Phi) is 4.80. The van der Waals surface area contributed by atoms with Gasteiger partial charge in [-0.15, -0.1) is 0 Å². The van der Waals surface area contributed by atoms with Crippen LogP contribution in [0.5, 0.6) is 5.75 Å². The summed E-state index contributed by atoms with van der Waals surface area (Å²) in [5.41, 5.74) is 1.37. The molecule has 0 aliphatic carbocycles. The number of benzene rings is 2. The van der Waals surface area contributed by atoms with E-state index in [1.807, 2.05) is 0 Å². The molecule has 2 nitrogen and oxygen atoms in total. The lowest BCUT2D eigenvalue weighted by atomic mass is 9.88. The van der Waals surface area contributed by atoms with Gasteiger partial charge < -0.3 is 9.64 Å². The van der Waals surface area contributed by atoms with Crippen molar-refractivity contribution in [3.05, 3.63) is 63.7 Å². The predicted octanol–water partition coefficient (Wildman–Crippen LogP) is 4.16. The summed E-state index contributed by atoms with van der Waals surface area (Å²) in [4.78, 5) is 2.39. The van der Waals surface area contributed by atoms with E-state index >= 15 is 0 Å². The van der Waals surface area contributed by atoms with E-state index in [1.54, 1.807) is 0 Å². The topological polar surface area (TPSA) is 12.5 Å².